The number of hydrogen-bond acceptors (Lipinski definition) is 4. The quantitative estimate of drug-likeness (QED) is 0.572. The van der Waals surface area contributed by atoms with Gasteiger partial charge in [0.2, 0.25) is 0 Å². The van der Waals surface area contributed by atoms with Crippen molar-refractivity contribution in [2.24, 2.45) is 0 Å². The Morgan fingerprint density at radius 3 is 2.62 bits per heavy atom. The molecule has 1 aromatic rings. The van der Waals surface area contributed by atoms with Crippen molar-refractivity contribution < 1.29 is 52.5 Å². The van der Waals surface area contributed by atoms with Gasteiger partial charge in [-0.1, -0.05) is 6.07 Å². The summed E-state index contributed by atoms with van der Waals surface area (Å²) in [4.78, 5) is 10.9. The van der Waals surface area contributed by atoms with E-state index in [4.69, 9.17) is 10.2 Å². The normalized spacial score (nSPS) is 8.69. The minimum atomic E-state index is -0.688. The summed E-state index contributed by atoms with van der Waals surface area (Å²) in [6.07, 6.45) is 0. The van der Waals surface area contributed by atoms with E-state index in [0.717, 1.165) is 6.07 Å². The molecule has 0 unspecified atom stereocenters. The number of methoxy groups -OCH3 is 1. The van der Waals surface area contributed by atoms with Gasteiger partial charge in [-0.15, -0.1) is 12.1 Å². The van der Waals surface area contributed by atoms with Crippen LogP contribution in [0.2, 0.25) is 0 Å². The molecule has 0 spiro atoms. The van der Waals surface area contributed by atoms with Crippen LogP contribution in [0.25, 0.3) is 0 Å². The van der Waals surface area contributed by atoms with Crippen molar-refractivity contribution in [3.8, 4) is 11.5 Å². The predicted molar refractivity (Wildman–Crippen MR) is 39.9 cm³/mol. The molecule has 0 radical (unpaired) electrons. The zero-order valence-corrected chi connectivity index (χ0v) is 9.78. The van der Waals surface area contributed by atoms with Gasteiger partial charge >= 0.3 is 32.7 Å². The first-order valence-corrected chi connectivity index (χ1v) is 3.17. The van der Waals surface area contributed by atoms with Crippen LogP contribution in [0.1, 0.15) is 10.4 Å². The van der Waals surface area contributed by atoms with Gasteiger partial charge in [0.1, 0.15) is 0 Å². The molecule has 64 valence electrons. The fraction of sp³-hybridized carbons (Fsp3) is 0.125. The van der Waals surface area contributed by atoms with Gasteiger partial charge in [-0.25, -0.2) is 0 Å². The van der Waals surface area contributed by atoms with E-state index in [2.05, 4.69) is 10.8 Å². The molecule has 0 aromatic heterocycles. The Labute approximate surface area is 100 Å². The maximum absolute atomic E-state index is 10.9. The Hall–Kier alpha value is -0.606. The molecule has 0 heterocycles. The Bertz CT molecular complexity index is 311. The molecule has 13 heavy (non-hydrogen) atoms. The van der Waals surface area contributed by atoms with Crippen LogP contribution in [0.3, 0.4) is 0 Å². The molecule has 0 atom stereocenters. The van der Waals surface area contributed by atoms with E-state index in [1.807, 2.05) is 0 Å². The number of hydrogen-bond donors (Lipinski definition) is 2. The third kappa shape index (κ3) is 2.97. The summed E-state index contributed by atoms with van der Waals surface area (Å²) in [5.41, 5.74) is -0.0877. The monoisotopic (exact) mass is 256 g/mol. The van der Waals surface area contributed by atoms with E-state index in [9.17, 15) is 4.79 Å². The van der Waals surface area contributed by atoms with Crippen LogP contribution in [-0.2, 0) is 37.4 Å². The predicted octanol–water partition coefficient (Wildman–Crippen LogP) is 0.682. The van der Waals surface area contributed by atoms with Gasteiger partial charge in [-0.2, -0.15) is 0 Å². The molecule has 0 aliphatic heterocycles. The van der Waals surface area contributed by atoms with Crippen molar-refractivity contribution >= 4 is 5.97 Å². The minimum Gasteiger partial charge on any atom is -0.551 e. The number of rotatable bonds is 1. The van der Waals surface area contributed by atoms with E-state index in [0.29, 0.717) is 0 Å². The molecule has 0 bridgehead atoms. The van der Waals surface area contributed by atoms with Crippen LogP contribution in [0.5, 0.6) is 11.5 Å². The van der Waals surface area contributed by atoms with Gasteiger partial charge in [0.15, 0.2) is 0 Å². The fourth-order valence-corrected chi connectivity index (χ4v) is 0.740. The number of benzene rings is 1. The number of ether oxygens (including phenoxy) is 1. The summed E-state index contributed by atoms with van der Waals surface area (Å²) in [7, 11) is 1.20. The number of esters is 1. The zero-order valence-electron chi connectivity index (χ0n) is 6.94. The van der Waals surface area contributed by atoms with E-state index in [1.165, 1.54) is 13.2 Å². The van der Waals surface area contributed by atoms with Crippen molar-refractivity contribution in [2.45, 2.75) is 0 Å². The minimum absolute atomic E-state index is 0. The summed E-state index contributed by atoms with van der Waals surface area (Å²) >= 11 is 0. The molecule has 0 aliphatic carbocycles. The molecule has 0 fully saturated rings. The van der Waals surface area contributed by atoms with Gasteiger partial charge in [-0.3, -0.25) is 0 Å². The van der Waals surface area contributed by atoms with Crippen molar-refractivity contribution in [2.75, 3.05) is 7.11 Å². The Morgan fingerprint density at radius 2 is 2.15 bits per heavy atom. The molecule has 0 saturated heterocycles. The van der Waals surface area contributed by atoms with Crippen molar-refractivity contribution in [3.05, 3.63) is 23.8 Å². The summed E-state index contributed by atoms with van der Waals surface area (Å²) in [6.45, 7) is 0. The number of carbonyl (C=O) groups is 1. The van der Waals surface area contributed by atoms with Gasteiger partial charge < -0.3 is 19.7 Å². The van der Waals surface area contributed by atoms with Crippen molar-refractivity contribution in [1.29, 1.82) is 0 Å². The maximum atomic E-state index is 10.9. The second-order valence-electron chi connectivity index (χ2n) is 2.11. The van der Waals surface area contributed by atoms with Crippen LogP contribution in [0.15, 0.2) is 12.1 Å². The number of phenols is 2. The third-order valence-corrected chi connectivity index (χ3v) is 1.29. The Morgan fingerprint density at radius 1 is 1.54 bits per heavy atom. The van der Waals surface area contributed by atoms with E-state index < -0.39 is 5.97 Å². The summed E-state index contributed by atoms with van der Waals surface area (Å²) in [6, 6.07) is 4.60. The van der Waals surface area contributed by atoms with Crippen molar-refractivity contribution in [3.63, 3.8) is 0 Å². The van der Waals surface area contributed by atoms with Crippen LogP contribution in [0, 0.1) is 6.07 Å². The molecule has 1 aromatic carbocycles. The van der Waals surface area contributed by atoms with Gasteiger partial charge in [0.25, 0.3) is 5.97 Å². The smallest absolute Gasteiger partial charge is 0.551 e. The van der Waals surface area contributed by atoms with Crippen LogP contribution < -0.4 is 0 Å². The molecule has 0 aliphatic rings. The number of aromatic hydroxyl groups is 2. The van der Waals surface area contributed by atoms with Crippen LogP contribution in [-0.4, -0.2) is 23.3 Å². The van der Waals surface area contributed by atoms with Gasteiger partial charge in [0, 0.05) is 11.5 Å². The Kier molecular flexibility index (Phi) is 4.95. The summed E-state index contributed by atoms with van der Waals surface area (Å²) in [5.74, 6) is -1.19. The standard InChI is InChI=1S/C8H7O4.Y/c1-12-8(11)6-3-2-5(9)4-7(6)10;/h2,4,9-10H,1H3;/q-1;+3. The molecule has 4 nitrogen and oxygen atoms in total. The summed E-state index contributed by atoms with van der Waals surface area (Å²) in [5, 5.41) is 17.9. The van der Waals surface area contributed by atoms with Crippen LogP contribution in [0.4, 0.5) is 0 Å². The van der Waals surface area contributed by atoms with E-state index in [-0.39, 0.29) is 49.8 Å². The molecule has 0 amide bonds. The average molecular weight is 256 g/mol. The fourth-order valence-electron chi connectivity index (χ4n) is 0.740. The van der Waals surface area contributed by atoms with E-state index >= 15 is 0 Å². The largest absolute Gasteiger partial charge is 3.00 e. The molecule has 1 rings (SSSR count). The van der Waals surface area contributed by atoms with Gasteiger partial charge in [-0.05, 0) is 5.56 Å². The van der Waals surface area contributed by atoms with E-state index in [1.54, 1.807) is 0 Å². The Balaban J connectivity index is 0.00000144. The first kappa shape index (κ1) is 12.4. The summed E-state index contributed by atoms with van der Waals surface area (Å²) < 4.78 is 4.35. The first-order valence-electron chi connectivity index (χ1n) is 3.17. The second kappa shape index (κ2) is 5.19. The van der Waals surface area contributed by atoms with Crippen molar-refractivity contribution in [1.82, 2.24) is 0 Å². The first-order chi connectivity index (χ1) is 5.65. The molecule has 0 saturated carbocycles. The number of carbonyl (C=O) groups excluding carboxylic acids is 1. The SMILES string of the molecule is COC(=O)c1[c-]cc(O)cc1O.[Y+3]. The van der Waals surface area contributed by atoms with Gasteiger partial charge in [0.05, 0.1) is 7.11 Å². The third-order valence-electron chi connectivity index (χ3n) is 1.29. The molecule has 5 heteroatoms. The number of phenolic OH excluding ortho intramolecular Hbond substituents is 2. The average Bonchev–Trinajstić information content (AvgIpc) is 2.03. The maximum Gasteiger partial charge on any atom is 3.00 e. The topological polar surface area (TPSA) is 66.8 Å². The molecule has 2 N–H and O–H groups in total. The molecular weight excluding hydrogens is 249 g/mol. The zero-order chi connectivity index (χ0) is 9.14. The molecular formula is C8H7O4Y+2. The second-order valence-corrected chi connectivity index (χ2v) is 2.11. The van der Waals surface area contributed by atoms with Crippen LogP contribution >= 0.6 is 0 Å².